The van der Waals surface area contributed by atoms with E-state index in [0.29, 0.717) is 5.69 Å². The van der Waals surface area contributed by atoms with Gasteiger partial charge in [-0.25, -0.2) is 9.59 Å². The minimum Gasteiger partial charge on any atom is -0.478 e. The molecule has 2 aromatic carbocycles. The van der Waals surface area contributed by atoms with Crippen LogP contribution in [0, 0.1) is 0 Å². The highest BCUT2D eigenvalue weighted by Crippen LogP contribution is 2.22. The van der Waals surface area contributed by atoms with Crippen molar-refractivity contribution < 1.29 is 19.4 Å². The average molecular weight is 313 g/mol. The molecular weight excluding hydrogens is 294 g/mol. The molecule has 0 aliphatic rings. The Morgan fingerprint density at radius 1 is 1.00 bits per heavy atom. The number of esters is 1. The van der Waals surface area contributed by atoms with Gasteiger partial charge in [0.2, 0.25) is 0 Å². The summed E-state index contributed by atoms with van der Waals surface area (Å²) in [6.45, 7) is 3.59. The number of nitrogens with one attached hydrogen (secondary N) is 1. The van der Waals surface area contributed by atoms with Crippen LogP contribution in [0.4, 0.5) is 5.69 Å². The molecule has 0 saturated heterocycles. The molecule has 1 unspecified atom stereocenters. The first-order valence-electron chi connectivity index (χ1n) is 7.32. The molecule has 0 aliphatic carbocycles. The maximum Gasteiger partial charge on any atom is 0.335 e. The van der Waals surface area contributed by atoms with Crippen molar-refractivity contribution in [2.24, 2.45) is 0 Å². The van der Waals surface area contributed by atoms with Gasteiger partial charge < -0.3 is 15.2 Å². The number of ether oxygens (including phenoxy) is 1. The summed E-state index contributed by atoms with van der Waals surface area (Å²) in [6, 6.07) is 14.8. The highest BCUT2D eigenvalue weighted by molar-refractivity contribution is 5.88. The Morgan fingerprint density at radius 2 is 1.61 bits per heavy atom. The maximum absolute atomic E-state index is 12.4. The number of hydrogen-bond acceptors (Lipinski definition) is 4. The topological polar surface area (TPSA) is 75.6 Å². The highest BCUT2D eigenvalue weighted by Gasteiger charge is 2.23. The van der Waals surface area contributed by atoms with Crippen molar-refractivity contribution in [2.75, 3.05) is 5.32 Å². The Hall–Kier alpha value is -2.82. The third kappa shape index (κ3) is 4.57. The van der Waals surface area contributed by atoms with Crippen LogP contribution in [0.25, 0.3) is 0 Å². The number of aromatic carboxylic acids is 1. The number of rotatable bonds is 6. The zero-order valence-electron chi connectivity index (χ0n) is 13.0. The number of hydrogen-bond donors (Lipinski definition) is 2. The van der Waals surface area contributed by atoms with E-state index in [-0.39, 0.29) is 17.6 Å². The minimum absolute atomic E-state index is 0.191. The monoisotopic (exact) mass is 313 g/mol. The molecule has 5 nitrogen and oxygen atoms in total. The van der Waals surface area contributed by atoms with E-state index in [2.05, 4.69) is 5.32 Å². The molecule has 5 heteroatoms. The van der Waals surface area contributed by atoms with E-state index in [1.165, 1.54) is 12.1 Å². The summed E-state index contributed by atoms with van der Waals surface area (Å²) in [5.74, 6) is -1.37. The predicted molar refractivity (Wildman–Crippen MR) is 87.4 cm³/mol. The van der Waals surface area contributed by atoms with Gasteiger partial charge in [0, 0.05) is 5.69 Å². The maximum atomic E-state index is 12.4. The summed E-state index contributed by atoms with van der Waals surface area (Å²) in [4.78, 5) is 23.2. The summed E-state index contributed by atoms with van der Waals surface area (Å²) in [5.41, 5.74) is 1.61. The van der Waals surface area contributed by atoms with Gasteiger partial charge in [-0.15, -0.1) is 0 Å². The summed E-state index contributed by atoms with van der Waals surface area (Å²) in [6.07, 6.45) is -0.218. The molecule has 0 bridgehead atoms. The Balaban J connectivity index is 2.23. The summed E-state index contributed by atoms with van der Waals surface area (Å²) >= 11 is 0. The van der Waals surface area contributed by atoms with Gasteiger partial charge in [0.15, 0.2) is 6.04 Å². The van der Waals surface area contributed by atoms with Crippen molar-refractivity contribution in [1.29, 1.82) is 0 Å². The second kappa shape index (κ2) is 7.45. The molecule has 0 amide bonds. The predicted octanol–water partition coefficient (Wildman–Crippen LogP) is 3.49. The van der Waals surface area contributed by atoms with E-state index in [4.69, 9.17) is 9.84 Å². The van der Waals surface area contributed by atoms with Gasteiger partial charge in [-0.2, -0.15) is 0 Å². The fourth-order valence-corrected chi connectivity index (χ4v) is 2.10. The van der Waals surface area contributed by atoms with E-state index < -0.39 is 12.0 Å². The molecule has 0 spiro atoms. The number of benzene rings is 2. The number of carbonyl (C=O) groups is 2. The van der Waals surface area contributed by atoms with E-state index in [9.17, 15) is 9.59 Å². The number of carbonyl (C=O) groups excluding carboxylic acids is 1. The van der Waals surface area contributed by atoms with E-state index in [1.54, 1.807) is 26.0 Å². The first-order chi connectivity index (χ1) is 11.0. The van der Waals surface area contributed by atoms with Crippen LogP contribution in [-0.4, -0.2) is 23.1 Å². The lowest BCUT2D eigenvalue weighted by atomic mass is 10.1. The molecule has 0 saturated carbocycles. The Labute approximate surface area is 134 Å². The van der Waals surface area contributed by atoms with Gasteiger partial charge in [0.1, 0.15) is 0 Å². The smallest absolute Gasteiger partial charge is 0.335 e. The summed E-state index contributed by atoms with van der Waals surface area (Å²) in [7, 11) is 0. The van der Waals surface area contributed by atoms with Crippen LogP contribution in [0.1, 0.15) is 35.8 Å². The van der Waals surface area contributed by atoms with Gasteiger partial charge in [0.05, 0.1) is 11.7 Å². The van der Waals surface area contributed by atoms with Crippen molar-refractivity contribution in [3.05, 3.63) is 65.7 Å². The molecular formula is C18H19NO4. The van der Waals surface area contributed by atoms with Crippen LogP contribution in [-0.2, 0) is 9.53 Å². The fourth-order valence-electron chi connectivity index (χ4n) is 2.10. The quantitative estimate of drug-likeness (QED) is 0.798. The Kier molecular flexibility index (Phi) is 5.36. The molecule has 1 atom stereocenters. The summed E-state index contributed by atoms with van der Waals surface area (Å²) < 4.78 is 5.31. The van der Waals surface area contributed by atoms with Gasteiger partial charge in [-0.1, -0.05) is 30.3 Å². The molecule has 0 fully saturated rings. The van der Waals surface area contributed by atoms with E-state index in [0.717, 1.165) is 5.56 Å². The van der Waals surface area contributed by atoms with Gasteiger partial charge in [-0.3, -0.25) is 0 Å². The highest BCUT2D eigenvalue weighted by atomic mass is 16.5. The molecule has 23 heavy (non-hydrogen) atoms. The molecule has 0 heterocycles. The zero-order valence-corrected chi connectivity index (χ0v) is 13.0. The molecule has 2 rings (SSSR count). The molecule has 2 aromatic rings. The molecule has 0 radical (unpaired) electrons. The lowest BCUT2D eigenvalue weighted by molar-refractivity contribution is -0.148. The summed E-state index contributed by atoms with van der Waals surface area (Å²) in [5, 5.41) is 12.0. The fraction of sp³-hybridized carbons (Fsp3) is 0.222. The first-order valence-corrected chi connectivity index (χ1v) is 7.32. The largest absolute Gasteiger partial charge is 0.478 e. The van der Waals surface area contributed by atoms with Crippen LogP contribution in [0.15, 0.2) is 54.6 Å². The van der Waals surface area contributed by atoms with Crippen molar-refractivity contribution >= 4 is 17.6 Å². The normalized spacial score (nSPS) is 11.8. The second-order valence-corrected chi connectivity index (χ2v) is 5.36. The van der Waals surface area contributed by atoms with E-state index in [1.807, 2.05) is 30.3 Å². The third-order valence-electron chi connectivity index (χ3n) is 3.16. The third-order valence-corrected chi connectivity index (χ3v) is 3.16. The van der Waals surface area contributed by atoms with Crippen LogP contribution in [0.2, 0.25) is 0 Å². The van der Waals surface area contributed by atoms with Crippen molar-refractivity contribution in [2.45, 2.75) is 26.0 Å². The molecule has 0 aromatic heterocycles. The van der Waals surface area contributed by atoms with Crippen LogP contribution < -0.4 is 5.32 Å². The first kappa shape index (κ1) is 16.5. The molecule has 120 valence electrons. The van der Waals surface area contributed by atoms with Crippen LogP contribution in [0.3, 0.4) is 0 Å². The van der Waals surface area contributed by atoms with Gasteiger partial charge >= 0.3 is 11.9 Å². The lowest BCUT2D eigenvalue weighted by Crippen LogP contribution is -2.25. The van der Waals surface area contributed by atoms with Crippen molar-refractivity contribution in [3.63, 3.8) is 0 Å². The van der Waals surface area contributed by atoms with Crippen LogP contribution in [0.5, 0.6) is 0 Å². The standard InChI is InChI=1S/C18H19NO4/c1-12(2)23-18(22)16(13-6-4-3-5-7-13)19-15-10-8-14(9-11-15)17(20)21/h3-12,16,19H,1-2H3,(H,20,21). The SMILES string of the molecule is CC(C)OC(=O)C(Nc1ccc(C(=O)O)cc1)c1ccccc1. The Bertz CT molecular complexity index is 665. The zero-order chi connectivity index (χ0) is 16.8. The second-order valence-electron chi connectivity index (χ2n) is 5.36. The molecule has 0 aliphatic heterocycles. The number of anilines is 1. The lowest BCUT2D eigenvalue weighted by Gasteiger charge is -2.20. The van der Waals surface area contributed by atoms with Crippen LogP contribution >= 0.6 is 0 Å². The number of carboxylic acids is 1. The van der Waals surface area contributed by atoms with Gasteiger partial charge in [0.25, 0.3) is 0 Å². The molecule has 2 N–H and O–H groups in total. The Morgan fingerprint density at radius 3 is 2.13 bits per heavy atom. The average Bonchev–Trinajstić information content (AvgIpc) is 2.53. The van der Waals surface area contributed by atoms with Gasteiger partial charge in [-0.05, 0) is 43.7 Å². The minimum atomic E-state index is -0.990. The van der Waals surface area contributed by atoms with Crippen molar-refractivity contribution in [3.8, 4) is 0 Å². The van der Waals surface area contributed by atoms with E-state index >= 15 is 0 Å². The van der Waals surface area contributed by atoms with Crippen molar-refractivity contribution in [1.82, 2.24) is 0 Å². The number of carboxylic acid groups (broad SMARTS) is 1.